The van der Waals surface area contributed by atoms with Gasteiger partial charge in [-0.15, -0.1) is 0 Å². The van der Waals surface area contributed by atoms with Gasteiger partial charge in [-0.1, -0.05) is 19.1 Å². The molecule has 1 aliphatic heterocycles. The number of ether oxygens (including phenoxy) is 1. The van der Waals surface area contributed by atoms with E-state index >= 15 is 0 Å². The predicted molar refractivity (Wildman–Crippen MR) is 113 cm³/mol. The van der Waals surface area contributed by atoms with Crippen molar-refractivity contribution in [3.63, 3.8) is 0 Å². The first-order valence-corrected chi connectivity index (χ1v) is 9.87. The molecule has 1 saturated heterocycles. The minimum absolute atomic E-state index is 0.225. The molecular formula is C22H26N4O4. The van der Waals surface area contributed by atoms with Crippen LogP contribution < -0.4 is 15.8 Å². The fourth-order valence-electron chi connectivity index (χ4n) is 3.62. The summed E-state index contributed by atoms with van der Waals surface area (Å²) in [5.41, 5.74) is 7.74. The molecule has 8 heteroatoms. The van der Waals surface area contributed by atoms with E-state index in [0.29, 0.717) is 29.7 Å². The van der Waals surface area contributed by atoms with E-state index in [9.17, 15) is 14.4 Å². The Morgan fingerprint density at radius 1 is 1.20 bits per heavy atom. The summed E-state index contributed by atoms with van der Waals surface area (Å²) in [5, 5.41) is 2.62. The summed E-state index contributed by atoms with van der Waals surface area (Å²) in [6.45, 7) is 5.67. The SMILES string of the molecule is CC(=O)Oc1ccc([C@@H]2CC[C@@H](C)CN2C(=O)C(=O)Nc2cnc(N)c(C)c2)cc1. The van der Waals surface area contributed by atoms with Crippen molar-refractivity contribution in [2.75, 3.05) is 17.6 Å². The van der Waals surface area contributed by atoms with E-state index in [1.165, 1.54) is 13.1 Å². The number of hydrogen-bond acceptors (Lipinski definition) is 6. The number of esters is 1. The fraction of sp³-hybridized carbons (Fsp3) is 0.364. The summed E-state index contributed by atoms with van der Waals surface area (Å²) in [6, 6.07) is 8.49. The molecule has 8 nitrogen and oxygen atoms in total. The maximum absolute atomic E-state index is 13.0. The maximum Gasteiger partial charge on any atom is 0.313 e. The number of rotatable bonds is 3. The van der Waals surface area contributed by atoms with Gasteiger partial charge >= 0.3 is 17.8 Å². The molecule has 3 N–H and O–H groups in total. The average molecular weight is 410 g/mol. The lowest BCUT2D eigenvalue weighted by Gasteiger charge is -2.38. The largest absolute Gasteiger partial charge is 0.427 e. The number of nitrogens with two attached hydrogens (primary N) is 1. The highest BCUT2D eigenvalue weighted by Crippen LogP contribution is 2.34. The predicted octanol–water partition coefficient (Wildman–Crippen LogP) is 2.84. The number of amides is 2. The van der Waals surface area contributed by atoms with Crippen molar-refractivity contribution in [3.05, 3.63) is 47.7 Å². The van der Waals surface area contributed by atoms with E-state index < -0.39 is 17.8 Å². The van der Waals surface area contributed by atoms with Crippen LogP contribution in [0.4, 0.5) is 11.5 Å². The van der Waals surface area contributed by atoms with Crippen LogP contribution in [0, 0.1) is 12.8 Å². The first-order valence-electron chi connectivity index (χ1n) is 9.87. The van der Waals surface area contributed by atoms with Gasteiger partial charge in [0.2, 0.25) is 0 Å². The molecule has 2 atom stereocenters. The first-order chi connectivity index (χ1) is 14.2. The lowest BCUT2D eigenvalue weighted by Crippen LogP contribution is -2.46. The second-order valence-corrected chi connectivity index (χ2v) is 7.70. The van der Waals surface area contributed by atoms with Crippen LogP contribution in [0.2, 0.25) is 0 Å². The van der Waals surface area contributed by atoms with E-state index in [1.807, 2.05) is 12.1 Å². The number of carbonyl (C=O) groups excluding carboxylic acids is 3. The molecule has 1 aliphatic rings. The third kappa shape index (κ3) is 4.94. The van der Waals surface area contributed by atoms with E-state index in [0.717, 1.165) is 24.0 Å². The van der Waals surface area contributed by atoms with Crippen molar-refractivity contribution in [1.29, 1.82) is 0 Å². The number of benzene rings is 1. The second-order valence-electron chi connectivity index (χ2n) is 7.70. The van der Waals surface area contributed by atoms with Gasteiger partial charge in [-0.25, -0.2) is 4.98 Å². The van der Waals surface area contributed by atoms with Crippen LogP contribution in [0.5, 0.6) is 5.75 Å². The van der Waals surface area contributed by atoms with Gasteiger partial charge in [0.25, 0.3) is 0 Å². The molecule has 2 amide bonds. The summed E-state index contributed by atoms with van der Waals surface area (Å²) < 4.78 is 5.07. The third-order valence-electron chi connectivity index (χ3n) is 5.18. The highest BCUT2D eigenvalue weighted by molar-refractivity contribution is 6.39. The van der Waals surface area contributed by atoms with Crippen molar-refractivity contribution in [1.82, 2.24) is 9.88 Å². The number of nitrogen functional groups attached to an aromatic ring is 1. The average Bonchev–Trinajstić information content (AvgIpc) is 2.70. The Kier molecular flexibility index (Phi) is 6.34. The van der Waals surface area contributed by atoms with Gasteiger partial charge in [0.1, 0.15) is 11.6 Å². The van der Waals surface area contributed by atoms with Crippen LogP contribution >= 0.6 is 0 Å². The highest BCUT2D eigenvalue weighted by atomic mass is 16.5. The third-order valence-corrected chi connectivity index (χ3v) is 5.18. The molecule has 1 aromatic carbocycles. The monoisotopic (exact) mass is 410 g/mol. The van der Waals surface area contributed by atoms with Crippen LogP contribution in [0.1, 0.15) is 43.9 Å². The smallest absolute Gasteiger partial charge is 0.313 e. The number of pyridine rings is 1. The minimum Gasteiger partial charge on any atom is -0.427 e. The molecule has 0 unspecified atom stereocenters. The Balaban J connectivity index is 1.77. The standard InChI is InChI=1S/C22H26N4O4/c1-13-4-9-19(16-5-7-18(8-6-16)30-15(3)27)26(12-13)22(29)21(28)25-17-10-14(2)20(23)24-11-17/h5-8,10-11,13,19H,4,9,12H2,1-3H3,(H2,23,24)(H,25,28)/t13-,19+/m1/s1. The molecule has 30 heavy (non-hydrogen) atoms. The minimum atomic E-state index is -0.711. The molecule has 1 fully saturated rings. The summed E-state index contributed by atoms with van der Waals surface area (Å²) in [5.74, 6) is -0.589. The summed E-state index contributed by atoms with van der Waals surface area (Å²) in [7, 11) is 0. The van der Waals surface area contributed by atoms with E-state index in [1.54, 1.807) is 30.0 Å². The number of aromatic nitrogens is 1. The molecular weight excluding hydrogens is 384 g/mol. The van der Waals surface area contributed by atoms with Crippen molar-refractivity contribution < 1.29 is 19.1 Å². The number of nitrogens with zero attached hydrogens (tertiary/aromatic N) is 2. The van der Waals surface area contributed by atoms with Crippen LogP contribution in [-0.2, 0) is 14.4 Å². The topological polar surface area (TPSA) is 115 Å². The van der Waals surface area contributed by atoms with Crippen molar-refractivity contribution >= 4 is 29.3 Å². The Labute approximate surface area is 175 Å². The summed E-state index contributed by atoms with van der Waals surface area (Å²) in [6.07, 6.45) is 3.12. The fourth-order valence-corrected chi connectivity index (χ4v) is 3.62. The van der Waals surface area contributed by atoms with Crippen molar-refractivity contribution in [2.24, 2.45) is 5.92 Å². The highest BCUT2D eigenvalue weighted by Gasteiger charge is 2.34. The van der Waals surface area contributed by atoms with Gasteiger partial charge < -0.3 is 20.7 Å². The molecule has 1 aromatic heterocycles. The molecule has 0 bridgehead atoms. The van der Waals surface area contributed by atoms with Gasteiger partial charge in [-0.05, 0) is 55.0 Å². The zero-order chi connectivity index (χ0) is 21.8. The zero-order valence-corrected chi connectivity index (χ0v) is 17.3. The van der Waals surface area contributed by atoms with Gasteiger partial charge in [0, 0.05) is 13.5 Å². The van der Waals surface area contributed by atoms with Crippen LogP contribution in [0.25, 0.3) is 0 Å². The zero-order valence-electron chi connectivity index (χ0n) is 17.3. The van der Waals surface area contributed by atoms with Crippen LogP contribution in [-0.4, -0.2) is 34.2 Å². The van der Waals surface area contributed by atoms with Crippen LogP contribution in [0.3, 0.4) is 0 Å². The van der Waals surface area contributed by atoms with Gasteiger partial charge in [0.05, 0.1) is 17.9 Å². The Bertz CT molecular complexity index is 958. The lowest BCUT2D eigenvalue weighted by atomic mass is 9.89. The lowest BCUT2D eigenvalue weighted by molar-refractivity contribution is -0.146. The molecule has 3 rings (SSSR count). The quantitative estimate of drug-likeness (QED) is 0.457. The maximum atomic E-state index is 13.0. The van der Waals surface area contributed by atoms with E-state index in [4.69, 9.17) is 10.5 Å². The summed E-state index contributed by atoms with van der Waals surface area (Å²) >= 11 is 0. The Morgan fingerprint density at radius 3 is 2.53 bits per heavy atom. The first kappa shape index (κ1) is 21.3. The normalized spacial score (nSPS) is 18.6. The molecule has 0 spiro atoms. The van der Waals surface area contributed by atoms with Crippen molar-refractivity contribution in [2.45, 2.75) is 39.7 Å². The number of carbonyl (C=O) groups is 3. The van der Waals surface area contributed by atoms with E-state index in [-0.39, 0.29) is 6.04 Å². The van der Waals surface area contributed by atoms with Gasteiger partial charge in [0.15, 0.2) is 0 Å². The Morgan fingerprint density at radius 2 is 1.90 bits per heavy atom. The molecule has 0 saturated carbocycles. The van der Waals surface area contributed by atoms with Gasteiger partial charge in [-0.2, -0.15) is 0 Å². The molecule has 2 heterocycles. The number of likely N-dealkylation sites (tertiary alicyclic amines) is 1. The number of aryl methyl sites for hydroxylation is 1. The van der Waals surface area contributed by atoms with Crippen molar-refractivity contribution in [3.8, 4) is 5.75 Å². The van der Waals surface area contributed by atoms with Gasteiger partial charge in [-0.3, -0.25) is 14.4 Å². The Hall–Kier alpha value is -3.42. The molecule has 2 aromatic rings. The number of hydrogen-bond donors (Lipinski definition) is 2. The molecule has 0 aliphatic carbocycles. The molecule has 158 valence electrons. The summed E-state index contributed by atoms with van der Waals surface area (Å²) in [4.78, 5) is 42.4. The number of nitrogens with one attached hydrogen (secondary N) is 1. The van der Waals surface area contributed by atoms with Crippen LogP contribution in [0.15, 0.2) is 36.5 Å². The number of anilines is 2. The second kappa shape index (κ2) is 8.94. The number of piperidine rings is 1. The van der Waals surface area contributed by atoms with E-state index in [2.05, 4.69) is 17.2 Å². The molecule has 0 radical (unpaired) electrons.